The summed E-state index contributed by atoms with van der Waals surface area (Å²) >= 11 is 2.12. The lowest BCUT2D eigenvalue weighted by Crippen LogP contribution is -2.48. The minimum Gasteiger partial charge on any atom is -0.342 e. The van der Waals surface area contributed by atoms with Crippen LogP contribution in [0.2, 0.25) is 0 Å². The van der Waals surface area contributed by atoms with Gasteiger partial charge in [-0.3, -0.25) is 4.79 Å². The van der Waals surface area contributed by atoms with E-state index < -0.39 is 0 Å². The van der Waals surface area contributed by atoms with Gasteiger partial charge in [-0.1, -0.05) is 12.8 Å². The van der Waals surface area contributed by atoms with Crippen molar-refractivity contribution in [2.75, 3.05) is 23.4 Å². The topological polar surface area (TPSA) is 49.3 Å². The highest BCUT2D eigenvalue weighted by atomic mass is 127. The van der Waals surface area contributed by atoms with Gasteiger partial charge in [0.15, 0.2) is 9.65 Å². The Balaban J connectivity index is 2.04. The molecule has 18 heavy (non-hydrogen) atoms. The largest absolute Gasteiger partial charge is 0.342 e. The SMILES string of the molecule is CN1C(=O)CN(C2CCCC2)c2nc(I)ncc21. The molecule has 0 saturated heterocycles. The third-order valence-electron chi connectivity index (χ3n) is 3.80. The van der Waals surface area contributed by atoms with E-state index in [2.05, 4.69) is 37.5 Å². The van der Waals surface area contributed by atoms with E-state index in [-0.39, 0.29) is 5.91 Å². The van der Waals surface area contributed by atoms with Gasteiger partial charge in [-0.25, -0.2) is 9.97 Å². The van der Waals surface area contributed by atoms with E-state index in [1.165, 1.54) is 12.8 Å². The molecule has 6 heteroatoms. The Morgan fingerprint density at radius 1 is 1.39 bits per heavy atom. The van der Waals surface area contributed by atoms with Crippen molar-refractivity contribution in [3.05, 3.63) is 10.0 Å². The molecule has 1 aromatic heterocycles. The Kier molecular flexibility index (Phi) is 3.13. The number of hydrogen-bond donors (Lipinski definition) is 0. The molecule has 3 rings (SSSR count). The molecule has 1 amide bonds. The third-order valence-corrected chi connectivity index (χ3v) is 4.32. The summed E-state index contributed by atoms with van der Waals surface area (Å²) in [6.07, 6.45) is 6.59. The zero-order valence-electron chi connectivity index (χ0n) is 10.3. The van der Waals surface area contributed by atoms with Gasteiger partial charge in [0.25, 0.3) is 0 Å². The van der Waals surface area contributed by atoms with Crippen molar-refractivity contribution in [1.29, 1.82) is 0 Å². The Labute approximate surface area is 120 Å². The quantitative estimate of drug-likeness (QED) is 0.568. The van der Waals surface area contributed by atoms with Crippen molar-refractivity contribution >= 4 is 40.0 Å². The average Bonchev–Trinajstić information content (AvgIpc) is 2.87. The monoisotopic (exact) mass is 358 g/mol. The fourth-order valence-corrected chi connectivity index (χ4v) is 3.14. The zero-order chi connectivity index (χ0) is 12.7. The molecule has 0 spiro atoms. The van der Waals surface area contributed by atoms with Crippen LogP contribution in [-0.2, 0) is 4.79 Å². The molecule has 0 unspecified atom stereocenters. The van der Waals surface area contributed by atoms with Crippen LogP contribution in [0.1, 0.15) is 25.7 Å². The number of carbonyl (C=O) groups is 1. The molecular weight excluding hydrogens is 343 g/mol. The Morgan fingerprint density at radius 3 is 2.83 bits per heavy atom. The highest BCUT2D eigenvalue weighted by Gasteiger charge is 2.34. The average molecular weight is 358 g/mol. The highest BCUT2D eigenvalue weighted by Crippen LogP contribution is 2.35. The molecular formula is C12H15IN4O. The molecule has 1 aliphatic carbocycles. The van der Waals surface area contributed by atoms with Crippen LogP contribution in [0.4, 0.5) is 11.5 Å². The fraction of sp³-hybridized carbons (Fsp3) is 0.583. The van der Waals surface area contributed by atoms with E-state index in [1.807, 2.05) is 0 Å². The number of rotatable bonds is 1. The Bertz CT molecular complexity index is 487. The van der Waals surface area contributed by atoms with Crippen LogP contribution in [0.25, 0.3) is 0 Å². The normalized spacial score (nSPS) is 20.4. The second kappa shape index (κ2) is 4.64. The number of hydrogen-bond acceptors (Lipinski definition) is 4. The molecule has 1 fully saturated rings. The second-order valence-corrected chi connectivity index (χ2v) is 5.83. The van der Waals surface area contributed by atoms with Crippen molar-refractivity contribution in [2.24, 2.45) is 0 Å². The molecule has 2 heterocycles. The van der Waals surface area contributed by atoms with Gasteiger partial charge < -0.3 is 9.80 Å². The lowest BCUT2D eigenvalue weighted by atomic mass is 10.1. The summed E-state index contributed by atoms with van der Waals surface area (Å²) in [5.74, 6) is 1.04. The van der Waals surface area contributed by atoms with Crippen LogP contribution in [0.3, 0.4) is 0 Å². The fourth-order valence-electron chi connectivity index (χ4n) is 2.77. The van der Waals surface area contributed by atoms with Crippen LogP contribution in [0, 0.1) is 3.83 Å². The number of amides is 1. The number of nitrogens with zero attached hydrogens (tertiary/aromatic N) is 4. The summed E-state index contributed by atoms with van der Waals surface area (Å²) in [5, 5.41) is 0. The summed E-state index contributed by atoms with van der Waals surface area (Å²) in [6.45, 7) is 0.446. The van der Waals surface area contributed by atoms with Gasteiger partial charge in [-0.05, 0) is 12.8 Å². The first-order valence-corrected chi connectivity index (χ1v) is 7.30. The first-order valence-electron chi connectivity index (χ1n) is 6.22. The predicted molar refractivity (Wildman–Crippen MR) is 77.8 cm³/mol. The summed E-state index contributed by atoms with van der Waals surface area (Å²) in [5.41, 5.74) is 0.832. The number of carbonyl (C=O) groups excluding carboxylic acids is 1. The zero-order valence-corrected chi connectivity index (χ0v) is 12.4. The molecule has 0 radical (unpaired) electrons. The van der Waals surface area contributed by atoms with E-state index in [0.29, 0.717) is 12.6 Å². The Hall–Kier alpha value is -0.920. The van der Waals surface area contributed by atoms with Gasteiger partial charge in [0.2, 0.25) is 5.91 Å². The number of anilines is 2. The number of halogens is 1. The summed E-state index contributed by atoms with van der Waals surface area (Å²) in [4.78, 5) is 24.6. The van der Waals surface area contributed by atoms with Crippen molar-refractivity contribution in [3.63, 3.8) is 0 Å². The molecule has 0 bridgehead atoms. The molecule has 0 atom stereocenters. The number of aromatic nitrogens is 2. The molecule has 0 N–H and O–H groups in total. The van der Waals surface area contributed by atoms with Crippen LogP contribution in [-0.4, -0.2) is 35.5 Å². The van der Waals surface area contributed by atoms with Crippen molar-refractivity contribution in [2.45, 2.75) is 31.7 Å². The van der Waals surface area contributed by atoms with Gasteiger partial charge in [0.05, 0.1) is 12.7 Å². The van der Waals surface area contributed by atoms with E-state index in [4.69, 9.17) is 0 Å². The summed E-state index contributed by atoms with van der Waals surface area (Å²) in [6, 6.07) is 0.465. The molecule has 96 valence electrons. The molecule has 5 nitrogen and oxygen atoms in total. The van der Waals surface area contributed by atoms with Gasteiger partial charge in [-0.2, -0.15) is 0 Å². The van der Waals surface area contributed by atoms with Gasteiger partial charge in [0.1, 0.15) is 5.69 Å². The van der Waals surface area contributed by atoms with E-state index in [0.717, 1.165) is 28.2 Å². The maximum absolute atomic E-state index is 12.0. The lowest BCUT2D eigenvalue weighted by Gasteiger charge is -2.37. The first kappa shape index (κ1) is 12.1. The Morgan fingerprint density at radius 2 is 2.11 bits per heavy atom. The molecule has 2 aliphatic rings. The maximum Gasteiger partial charge on any atom is 0.246 e. The summed E-state index contributed by atoms with van der Waals surface area (Å²) < 4.78 is 0.733. The second-order valence-electron chi connectivity index (χ2n) is 4.87. The molecule has 1 aromatic rings. The highest BCUT2D eigenvalue weighted by molar-refractivity contribution is 14.1. The number of likely N-dealkylation sites (N-methyl/N-ethyl adjacent to an activating group) is 1. The minimum absolute atomic E-state index is 0.124. The minimum atomic E-state index is 0.124. The van der Waals surface area contributed by atoms with Gasteiger partial charge in [0, 0.05) is 35.7 Å². The molecule has 1 aliphatic heterocycles. The van der Waals surface area contributed by atoms with Crippen LogP contribution in [0.5, 0.6) is 0 Å². The smallest absolute Gasteiger partial charge is 0.246 e. The maximum atomic E-state index is 12.0. The van der Waals surface area contributed by atoms with Crippen molar-refractivity contribution in [3.8, 4) is 0 Å². The van der Waals surface area contributed by atoms with E-state index in [9.17, 15) is 4.79 Å². The first-order chi connectivity index (χ1) is 8.66. The standard InChI is InChI=1S/C12H15IN4O/c1-16-9-6-14-12(13)15-11(9)17(7-10(16)18)8-4-2-3-5-8/h6,8H,2-5,7H2,1H3. The predicted octanol–water partition coefficient (Wildman–Crippen LogP) is 1.81. The molecule has 1 saturated carbocycles. The summed E-state index contributed by atoms with van der Waals surface area (Å²) in [7, 11) is 1.80. The van der Waals surface area contributed by atoms with Gasteiger partial charge in [-0.15, -0.1) is 0 Å². The van der Waals surface area contributed by atoms with E-state index in [1.54, 1.807) is 18.1 Å². The van der Waals surface area contributed by atoms with E-state index >= 15 is 0 Å². The number of fused-ring (bicyclic) bond motifs is 1. The third kappa shape index (κ3) is 1.96. The van der Waals surface area contributed by atoms with Crippen LogP contribution >= 0.6 is 22.6 Å². The van der Waals surface area contributed by atoms with Crippen molar-refractivity contribution < 1.29 is 4.79 Å². The van der Waals surface area contributed by atoms with Gasteiger partial charge >= 0.3 is 0 Å². The molecule has 0 aromatic carbocycles. The van der Waals surface area contributed by atoms with Crippen molar-refractivity contribution in [1.82, 2.24) is 9.97 Å². The lowest BCUT2D eigenvalue weighted by molar-refractivity contribution is -0.117. The van der Waals surface area contributed by atoms with Crippen LogP contribution in [0.15, 0.2) is 6.20 Å². The van der Waals surface area contributed by atoms with Crippen LogP contribution < -0.4 is 9.80 Å².